The van der Waals surface area contributed by atoms with Crippen LogP contribution in [-0.2, 0) is 0 Å². The van der Waals surface area contributed by atoms with Gasteiger partial charge in [0.1, 0.15) is 23.0 Å². The summed E-state index contributed by atoms with van der Waals surface area (Å²) >= 11 is 0. The molecular weight excluding hydrogens is 772 g/mol. The van der Waals surface area contributed by atoms with E-state index in [2.05, 4.69) is 207 Å². The average molecular weight is 813 g/mol. The smallest absolute Gasteiger partial charge is 0.143 e. The van der Waals surface area contributed by atoms with Gasteiger partial charge in [-0.05, 0) is 85.2 Å². The lowest BCUT2D eigenvalue weighted by atomic mass is 9.89. The first kappa shape index (κ1) is 37.4. The minimum Gasteiger partial charge on any atom is -0.455 e. The third-order valence-electron chi connectivity index (χ3n) is 12.3. The molecule has 0 saturated carbocycles. The Kier molecular flexibility index (Phi) is 9.11. The van der Waals surface area contributed by atoms with Crippen molar-refractivity contribution in [2.45, 2.75) is 0 Å². The van der Waals surface area contributed by atoms with Crippen LogP contribution in [0.1, 0.15) is 16.7 Å². The topological polar surface area (TPSA) is 18.5 Å². The van der Waals surface area contributed by atoms with Crippen molar-refractivity contribution in [1.82, 2.24) is 0 Å². The minimum atomic E-state index is -2.70. The fraction of sp³-hybridized carbons (Fsp3) is 0. The SMILES string of the molecule is C=C/C=C(/c1ccccc1)c1cccc2c1Oc1ccc(P(=C)(/C(=C/C=C)c3cccc4c3Oc3ccc(-c5ccccc5)c5cccc-4c35)c3ccccc3)c3cccc-2c13. The molecule has 0 amide bonds. The maximum Gasteiger partial charge on any atom is 0.143 e. The van der Waals surface area contributed by atoms with E-state index in [0.29, 0.717) is 0 Å². The van der Waals surface area contributed by atoms with Crippen LogP contribution < -0.4 is 20.1 Å². The normalized spacial score (nSPS) is 13.6. The lowest BCUT2D eigenvalue weighted by Crippen LogP contribution is -2.19. The highest BCUT2D eigenvalue weighted by Crippen LogP contribution is 2.62. The molecule has 0 aliphatic carbocycles. The van der Waals surface area contributed by atoms with Crippen LogP contribution in [-0.4, -0.2) is 6.30 Å². The van der Waals surface area contributed by atoms with Crippen LogP contribution in [0.4, 0.5) is 0 Å². The predicted molar refractivity (Wildman–Crippen MR) is 266 cm³/mol. The van der Waals surface area contributed by atoms with Gasteiger partial charge in [0.2, 0.25) is 0 Å². The Labute approximate surface area is 362 Å². The maximum absolute atomic E-state index is 7.12. The number of allylic oxidation sites excluding steroid dienone is 4. The summed E-state index contributed by atoms with van der Waals surface area (Å²) in [4.78, 5) is 0. The van der Waals surface area contributed by atoms with E-state index in [0.717, 1.165) is 99.6 Å². The highest BCUT2D eigenvalue weighted by atomic mass is 31.2. The number of ether oxygens (including phenoxy) is 2. The highest BCUT2D eigenvalue weighted by Gasteiger charge is 2.34. The number of hydrogen-bond acceptors (Lipinski definition) is 2. The first-order chi connectivity index (χ1) is 30.6. The molecule has 1 unspecified atom stereocenters. The van der Waals surface area contributed by atoms with Gasteiger partial charge in [-0.15, -0.1) is 0 Å². The van der Waals surface area contributed by atoms with Gasteiger partial charge in [-0.25, -0.2) is 0 Å². The van der Waals surface area contributed by atoms with Crippen molar-refractivity contribution in [2.75, 3.05) is 0 Å². The van der Waals surface area contributed by atoms with Crippen LogP contribution in [0.2, 0.25) is 0 Å². The second kappa shape index (κ2) is 15.1. The molecule has 2 heterocycles. The number of benzene rings is 9. The van der Waals surface area contributed by atoms with Crippen molar-refractivity contribution in [3.63, 3.8) is 0 Å². The van der Waals surface area contributed by atoms with Crippen molar-refractivity contribution in [3.05, 3.63) is 242 Å². The van der Waals surface area contributed by atoms with Crippen LogP contribution in [0.3, 0.4) is 0 Å². The molecule has 3 heteroatoms. The quantitative estimate of drug-likeness (QED) is 0.107. The van der Waals surface area contributed by atoms with Gasteiger partial charge in [0, 0.05) is 33.0 Å². The molecule has 2 aliphatic rings. The summed E-state index contributed by atoms with van der Waals surface area (Å²) in [5, 5.41) is 7.85. The van der Waals surface area contributed by atoms with E-state index in [-0.39, 0.29) is 0 Å². The van der Waals surface area contributed by atoms with Crippen molar-refractivity contribution in [1.29, 1.82) is 0 Å². The molecule has 9 aromatic rings. The summed E-state index contributed by atoms with van der Waals surface area (Å²) in [6, 6.07) is 66.6. The first-order valence-electron chi connectivity index (χ1n) is 20.9. The van der Waals surface area contributed by atoms with Crippen molar-refractivity contribution >= 4 is 56.2 Å². The third-order valence-corrected chi connectivity index (χ3v) is 15.9. The Morgan fingerprint density at radius 1 is 0.435 bits per heavy atom. The summed E-state index contributed by atoms with van der Waals surface area (Å²) in [6.45, 7) is 5.63. The van der Waals surface area contributed by atoms with Gasteiger partial charge >= 0.3 is 0 Å². The lowest BCUT2D eigenvalue weighted by Gasteiger charge is -2.34. The van der Waals surface area contributed by atoms with Crippen LogP contribution in [0, 0.1) is 0 Å². The van der Waals surface area contributed by atoms with Crippen LogP contribution in [0.25, 0.3) is 65.8 Å². The van der Waals surface area contributed by atoms with Gasteiger partial charge in [-0.1, -0.05) is 214 Å². The fourth-order valence-corrected chi connectivity index (χ4v) is 13.0. The maximum atomic E-state index is 7.12. The molecule has 2 nitrogen and oxygen atoms in total. The van der Waals surface area contributed by atoms with E-state index in [1.54, 1.807) is 0 Å². The fourth-order valence-electron chi connectivity index (χ4n) is 9.61. The number of para-hydroxylation sites is 2. The molecule has 11 rings (SSSR count). The van der Waals surface area contributed by atoms with Gasteiger partial charge in [0.05, 0.1) is 0 Å². The van der Waals surface area contributed by atoms with E-state index < -0.39 is 6.89 Å². The summed E-state index contributed by atoms with van der Waals surface area (Å²) < 4.78 is 14.2. The Balaban J connectivity index is 1.11. The molecule has 0 N–H and O–H groups in total. The summed E-state index contributed by atoms with van der Waals surface area (Å²) in [5.74, 6) is 3.32. The number of rotatable bonds is 9. The molecule has 0 radical (unpaired) electrons. The van der Waals surface area contributed by atoms with Gasteiger partial charge in [0.25, 0.3) is 0 Å². The molecule has 294 valence electrons. The molecular formula is C59H41O2P. The van der Waals surface area contributed by atoms with Crippen molar-refractivity contribution in [3.8, 4) is 56.4 Å². The standard InChI is InChI=1S/C59H41O2P/c1-4-19-42(39-21-9-6-10-22-39)47-30-17-31-48-46-29-16-33-50-55(38-37-53(57(46)50)60-58(47)48)62(3,41-25-13-8-14-26-41)54(20-5-2)51-34-18-32-49-45-28-15-27-44-43(40-23-11-7-12-24-40)35-36-52(56(44)45)61-59(49)51/h4-38H,1-3H2/b42-19-,54-20+. The predicted octanol–water partition coefficient (Wildman–Crippen LogP) is 15.5. The minimum absolute atomic E-state index is 0.819. The van der Waals surface area contributed by atoms with Crippen molar-refractivity contribution < 1.29 is 9.47 Å². The first-order valence-corrected chi connectivity index (χ1v) is 22.9. The highest BCUT2D eigenvalue weighted by molar-refractivity contribution is 7.95. The van der Waals surface area contributed by atoms with E-state index in [1.807, 2.05) is 18.2 Å². The molecule has 0 spiro atoms. The van der Waals surface area contributed by atoms with Crippen LogP contribution in [0.15, 0.2) is 226 Å². The summed E-state index contributed by atoms with van der Waals surface area (Å²) in [5.41, 5.74) is 10.9. The van der Waals surface area contributed by atoms with E-state index in [1.165, 1.54) is 16.5 Å². The van der Waals surface area contributed by atoms with Crippen molar-refractivity contribution in [2.24, 2.45) is 0 Å². The van der Waals surface area contributed by atoms with Gasteiger partial charge < -0.3 is 9.47 Å². The van der Waals surface area contributed by atoms with E-state index in [9.17, 15) is 0 Å². The van der Waals surface area contributed by atoms with Gasteiger partial charge in [-0.3, -0.25) is 0 Å². The third kappa shape index (κ3) is 5.80. The number of hydrogen-bond donors (Lipinski definition) is 0. The molecule has 0 bridgehead atoms. The van der Waals surface area contributed by atoms with E-state index in [4.69, 9.17) is 15.8 Å². The molecule has 9 aromatic carbocycles. The van der Waals surface area contributed by atoms with Gasteiger partial charge in [-0.2, -0.15) is 0 Å². The van der Waals surface area contributed by atoms with Crippen LogP contribution in [0.5, 0.6) is 23.0 Å². The Hall–Kier alpha value is -7.64. The summed E-state index contributed by atoms with van der Waals surface area (Å²) in [7, 11) is 0. The molecule has 2 aliphatic heterocycles. The van der Waals surface area contributed by atoms with Gasteiger partial charge in [0.15, 0.2) is 0 Å². The zero-order valence-electron chi connectivity index (χ0n) is 34.1. The Morgan fingerprint density at radius 3 is 1.63 bits per heavy atom. The summed E-state index contributed by atoms with van der Waals surface area (Å²) in [6.07, 6.45) is 13.3. The second-order valence-corrected chi connectivity index (χ2v) is 18.8. The Bertz CT molecular complexity index is 3390. The van der Waals surface area contributed by atoms with E-state index >= 15 is 0 Å². The lowest BCUT2D eigenvalue weighted by molar-refractivity contribution is 0.485. The largest absolute Gasteiger partial charge is 0.455 e. The zero-order valence-corrected chi connectivity index (χ0v) is 35.0. The van der Waals surface area contributed by atoms with Crippen LogP contribution >= 0.6 is 6.89 Å². The molecule has 62 heavy (non-hydrogen) atoms. The average Bonchev–Trinajstić information content (AvgIpc) is 3.33. The molecule has 0 fully saturated rings. The molecule has 0 aromatic heterocycles. The zero-order chi connectivity index (χ0) is 41.8. The molecule has 0 saturated heterocycles. The molecule has 1 atom stereocenters. The Morgan fingerprint density at radius 2 is 0.968 bits per heavy atom. The monoisotopic (exact) mass is 812 g/mol. The second-order valence-electron chi connectivity index (χ2n) is 15.7. The number of fused-ring (bicyclic) bond motifs is 4.